The monoisotopic (exact) mass is 368 g/mol. The molecular weight excluding hydrogens is 362 g/mol. The Hall–Kier alpha value is -2.29. The van der Waals surface area contributed by atoms with E-state index in [1.54, 1.807) is 0 Å². The Kier molecular flexibility index (Phi) is 5.02. The zero-order chi connectivity index (χ0) is 18.1. The molecule has 3 nitrogen and oxygen atoms in total. The molecule has 0 atom stereocenters. The Morgan fingerprint density at radius 3 is 2.21 bits per heavy atom. The highest BCUT2D eigenvalue weighted by Crippen LogP contribution is 2.31. The highest BCUT2D eigenvalue weighted by Gasteiger charge is 2.31. The van der Waals surface area contributed by atoms with E-state index in [2.05, 4.69) is 4.98 Å². The number of carbonyl (C=O) groups is 1. The Morgan fingerprint density at radius 2 is 1.71 bits per heavy atom. The molecule has 0 saturated carbocycles. The fourth-order valence-electron chi connectivity index (χ4n) is 1.76. The lowest BCUT2D eigenvalue weighted by Crippen LogP contribution is -2.26. The summed E-state index contributed by atoms with van der Waals surface area (Å²) in [5.74, 6) is -5.27. The lowest BCUT2D eigenvalue weighted by molar-refractivity contribution is -0.137. The van der Waals surface area contributed by atoms with Gasteiger partial charge >= 0.3 is 6.18 Å². The summed E-state index contributed by atoms with van der Waals surface area (Å²) in [4.78, 5) is 15.2. The molecule has 24 heavy (non-hydrogen) atoms. The van der Waals surface area contributed by atoms with Crippen LogP contribution in [0.15, 0.2) is 24.4 Å². The standard InChI is InChI=1S/C14H7ClF6N2O/c15-8-1-6(14(19,20)21)4-22-11(8)5-23-13(24)12-9(17)2-7(16)3-10(12)18/h1-4H,5H2,(H,23,24). The second-order valence-electron chi connectivity index (χ2n) is 4.58. The maximum absolute atomic E-state index is 13.4. The molecule has 0 aliphatic heterocycles. The van der Waals surface area contributed by atoms with Crippen LogP contribution in [0.2, 0.25) is 5.02 Å². The minimum absolute atomic E-state index is 0.138. The summed E-state index contributed by atoms with van der Waals surface area (Å²) in [5, 5.41) is 1.66. The van der Waals surface area contributed by atoms with Crippen LogP contribution < -0.4 is 5.32 Å². The topological polar surface area (TPSA) is 42.0 Å². The van der Waals surface area contributed by atoms with Crippen molar-refractivity contribution in [2.75, 3.05) is 0 Å². The first-order chi connectivity index (χ1) is 11.1. The van der Waals surface area contributed by atoms with E-state index in [-0.39, 0.29) is 10.7 Å². The van der Waals surface area contributed by atoms with Gasteiger partial charge in [0.1, 0.15) is 23.0 Å². The number of carbonyl (C=O) groups excluding carboxylic acids is 1. The summed E-state index contributed by atoms with van der Waals surface area (Å²) in [7, 11) is 0. The molecule has 1 amide bonds. The second kappa shape index (κ2) is 6.68. The van der Waals surface area contributed by atoms with E-state index in [1.165, 1.54) is 0 Å². The molecule has 2 rings (SSSR count). The summed E-state index contributed by atoms with van der Waals surface area (Å²) >= 11 is 5.64. The van der Waals surface area contributed by atoms with Gasteiger partial charge in [-0.1, -0.05) is 11.6 Å². The quantitative estimate of drug-likeness (QED) is 0.829. The molecule has 0 unspecified atom stereocenters. The summed E-state index contributed by atoms with van der Waals surface area (Å²) in [6.45, 7) is -0.480. The molecular formula is C14H7ClF6N2O. The van der Waals surface area contributed by atoms with Gasteiger partial charge < -0.3 is 5.32 Å². The van der Waals surface area contributed by atoms with Gasteiger partial charge in [-0.25, -0.2) is 13.2 Å². The Labute approximate surface area is 136 Å². The van der Waals surface area contributed by atoms with Gasteiger partial charge in [-0.3, -0.25) is 9.78 Å². The zero-order valence-electron chi connectivity index (χ0n) is 11.5. The van der Waals surface area contributed by atoms with Gasteiger partial charge in [0, 0.05) is 18.3 Å². The zero-order valence-corrected chi connectivity index (χ0v) is 12.3. The van der Waals surface area contributed by atoms with Crippen LogP contribution in [0.25, 0.3) is 0 Å². The van der Waals surface area contributed by atoms with E-state index in [0.717, 1.165) is 0 Å². The van der Waals surface area contributed by atoms with Gasteiger partial charge in [0.05, 0.1) is 22.8 Å². The molecule has 1 aromatic heterocycles. The molecule has 0 aliphatic carbocycles. The minimum Gasteiger partial charge on any atom is -0.346 e. The van der Waals surface area contributed by atoms with Gasteiger partial charge in [-0.15, -0.1) is 0 Å². The highest BCUT2D eigenvalue weighted by molar-refractivity contribution is 6.31. The Morgan fingerprint density at radius 1 is 1.12 bits per heavy atom. The average molecular weight is 369 g/mol. The predicted octanol–water partition coefficient (Wildman–Crippen LogP) is 4.10. The third kappa shape index (κ3) is 3.97. The summed E-state index contributed by atoms with van der Waals surface area (Å²) in [6.07, 6.45) is -4.13. The number of halogens is 7. The van der Waals surface area contributed by atoms with Crippen LogP contribution in [0, 0.1) is 17.5 Å². The van der Waals surface area contributed by atoms with Crippen molar-refractivity contribution >= 4 is 17.5 Å². The number of benzene rings is 1. The number of aromatic nitrogens is 1. The van der Waals surface area contributed by atoms with E-state index in [9.17, 15) is 31.1 Å². The predicted molar refractivity (Wildman–Crippen MR) is 71.7 cm³/mol. The lowest BCUT2D eigenvalue weighted by atomic mass is 10.1. The molecule has 1 N–H and O–H groups in total. The third-order valence-electron chi connectivity index (χ3n) is 2.90. The molecule has 10 heteroatoms. The Bertz CT molecular complexity index is 770. The van der Waals surface area contributed by atoms with Crippen LogP contribution in [0.3, 0.4) is 0 Å². The molecule has 0 spiro atoms. The van der Waals surface area contributed by atoms with Gasteiger partial charge in [-0.2, -0.15) is 13.2 Å². The number of alkyl halides is 3. The maximum atomic E-state index is 13.4. The number of hydrogen-bond donors (Lipinski definition) is 1. The van der Waals surface area contributed by atoms with Crippen LogP contribution >= 0.6 is 11.6 Å². The highest BCUT2D eigenvalue weighted by atomic mass is 35.5. The van der Waals surface area contributed by atoms with Crippen LogP contribution in [-0.2, 0) is 12.7 Å². The van der Waals surface area contributed by atoms with Crippen LogP contribution in [-0.4, -0.2) is 10.9 Å². The van der Waals surface area contributed by atoms with E-state index < -0.39 is 47.2 Å². The average Bonchev–Trinajstić information content (AvgIpc) is 2.43. The third-order valence-corrected chi connectivity index (χ3v) is 3.22. The molecule has 0 aliphatic rings. The molecule has 2 aromatic rings. The lowest BCUT2D eigenvalue weighted by Gasteiger charge is -2.10. The van der Waals surface area contributed by atoms with Gasteiger partial charge in [-0.05, 0) is 6.07 Å². The Balaban J connectivity index is 2.16. The first kappa shape index (κ1) is 18.1. The van der Waals surface area contributed by atoms with Gasteiger partial charge in [0.25, 0.3) is 5.91 Å². The molecule has 0 radical (unpaired) electrons. The molecule has 0 bridgehead atoms. The van der Waals surface area contributed by atoms with Crippen LogP contribution in [0.1, 0.15) is 21.6 Å². The summed E-state index contributed by atoms with van der Waals surface area (Å²) in [6, 6.07) is 1.25. The summed E-state index contributed by atoms with van der Waals surface area (Å²) < 4.78 is 77.1. The van der Waals surface area contributed by atoms with Crippen molar-refractivity contribution in [1.82, 2.24) is 10.3 Å². The van der Waals surface area contributed by atoms with Crippen LogP contribution in [0.4, 0.5) is 26.3 Å². The largest absolute Gasteiger partial charge is 0.417 e. The smallest absolute Gasteiger partial charge is 0.346 e. The first-order valence-corrected chi connectivity index (χ1v) is 6.61. The fourth-order valence-corrected chi connectivity index (χ4v) is 2.00. The van der Waals surface area contributed by atoms with Crippen molar-refractivity contribution in [3.05, 3.63) is 63.7 Å². The molecule has 1 heterocycles. The summed E-state index contributed by atoms with van der Waals surface area (Å²) in [5.41, 5.74) is -2.25. The molecule has 0 fully saturated rings. The number of amides is 1. The van der Waals surface area contributed by atoms with Crippen molar-refractivity contribution in [3.63, 3.8) is 0 Å². The SMILES string of the molecule is O=C(NCc1ncc(C(F)(F)F)cc1Cl)c1c(F)cc(F)cc1F. The number of hydrogen-bond acceptors (Lipinski definition) is 2. The molecule has 1 aromatic carbocycles. The molecule has 128 valence electrons. The number of nitrogens with one attached hydrogen (secondary N) is 1. The van der Waals surface area contributed by atoms with E-state index in [4.69, 9.17) is 11.6 Å². The van der Waals surface area contributed by atoms with Crippen molar-refractivity contribution in [2.45, 2.75) is 12.7 Å². The number of pyridine rings is 1. The normalized spacial score (nSPS) is 11.5. The number of nitrogens with zero attached hydrogens (tertiary/aromatic N) is 1. The van der Waals surface area contributed by atoms with Crippen molar-refractivity contribution in [2.24, 2.45) is 0 Å². The maximum Gasteiger partial charge on any atom is 0.417 e. The van der Waals surface area contributed by atoms with Crippen molar-refractivity contribution in [1.29, 1.82) is 0 Å². The minimum atomic E-state index is -4.64. The van der Waals surface area contributed by atoms with E-state index in [1.807, 2.05) is 5.32 Å². The van der Waals surface area contributed by atoms with Gasteiger partial charge in [0.2, 0.25) is 0 Å². The van der Waals surface area contributed by atoms with Gasteiger partial charge in [0.15, 0.2) is 0 Å². The fraction of sp³-hybridized carbons (Fsp3) is 0.143. The van der Waals surface area contributed by atoms with Crippen molar-refractivity contribution < 1.29 is 31.1 Å². The van der Waals surface area contributed by atoms with Crippen LogP contribution in [0.5, 0.6) is 0 Å². The second-order valence-corrected chi connectivity index (χ2v) is 4.98. The van der Waals surface area contributed by atoms with Crippen molar-refractivity contribution in [3.8, 4) is 0 Å². The molecule has 0 saturated heterocycles. The number of rotatable bonds is 3. The first-order valence-electron chi connectivity index (χ1n) is 6.24. The van der Waals surface area contributed by atoms with E-state index in [0.29, 0.717) is 24.4 Å². The van der Waals surface area contributed by atoms with E-state index >= 15 is 0 Å².